The van der Waals surface area contributed by atoms with E-state index in [1.54, 1.807) is 30.2 Å². The van der Waals surface area contributed by atoms with Crippen molar-refractivity contribution >= 4 is 34.0 Å². The highest BCUT2D eigenvalue weighted by Crippen LogP contribution is 2.36. The number of nitrogens with zero attached hydrogens (tertiary/aromatic N) is 3. The van der Waals surface area contributed by atoms with Crippen LogP contribution in [0.1, 0.15) is 6.42 Å². The molecule has 1 aromatic heterocycles. The summed E-state index contributed by atoms with van der Waals surface area (Å²) >= 11 is 1.29. The smallest absolute Gasteiger partial charge is 0.231 e. The SMILES string of the molecule is COc1ccc(N2CC(C(=O)Nc3nnc(-c4ccccc4)s3)CC2=O)c(OC)c1. The predicted octanol–water partition coefficient (Wildman–Crippen LogP) is 3.21. The molecule has 0 spiro atoms. The largest absolute Gasteiger partial charge is 0.497 e. The minimum atomic E-state index is -0.492. The zero-order valence-electron chi connectivity index (χ0n) is 16.5. The Kier molecular flexibility index (Phi) is 5.62. The first-order valence-corrected chi connectivity index (χ1v) is 10.1. The number of ether oxygens (including phenoxy) is 2. The molecule has 9 heteroatoms. The monoisotopic (exact) mass is 424 g/mol. The number of anilines is 2. The van der Waals surface area contributed by atoms with Crippen LogP contribution in [0.25, 0.3) is 10.6 Å². The molecule has 1 fully saturated rings. The van der Waals surface area contributed by atoms with E-state index in [1.807, 2.05) is 30.3 Å². The van der Waals surface area contributed by atoms with Gasteiger partial charge in [0.15, 0.2) is 0 Å². The fourth-order valence-electron chi connectivity index (χ4n) is 3.30. The third-order valence-corrected chi connectivity index (χ3v) is 5.74. The van der Waals surface area contributed by atoms with Crippen molar-refractivity contribution in [1.82, 2.24) is 10.2 Å². The van der Waals surface area contributed by atoms with Gasteiger partial charge in [-0.25, -0.2) is 0 Å². The quantitative estimate of drug-likeness (QED) is 0.653. The van der Waals surface area contributed by atoms with Gasteiger partial charge in [0.2, 0.25) is 16.9 Å². The molecule has 1 unspecified atom stereocenters. The van der Waals surface area contributed by atoms with Crippen molar-refractivity contribution in [2.45, 2.75) is 6.42 Å². The highest BCUT2D eigenvalue weighted by molar-refractivity contribution is 7.18. The molecular weight excluding hydrogens is 404 g/mol. The molecule has 8 nitrogen and oxygen atoms in total. The molecule has 2 aromatic carbocycles. The molecule has 3 aromatic rings. The first-order chi connectivity index (χ1) is 14.6. The Balaban J connectivity index is 1.46. The maximum absolute atomic E-state index is 12.7. The molecule has 0 saturated carbocycles. The highest BCUT2D eigenvalue weighted by atomic mass is 32.1. The minimum Gasteiger partial charge on any atom is -0.497 e. The number of aromatic nitrogens is 2. The maximum Gasteiger partial charge on any atom is 0.231 e. The molecule has 1 aliphatic heterocycles. The second kappa shape index (κ2) is 8.50. The zero-order chi connectivity index (χ0) is 21.1. The van der Waals surface area contributed by atoms with Gasteiger partial charge >= 0.3 is 0 Å². The van der Waals surface area contributed by atoms with Gasteiger partial charge in [0.1, 0.15) is 16.5 Å². The lowest BCUT2D eigenvalue weighted by molar-refractivity contribution is -0.122. The summed E-state index contributed by atoms with van der Waals surface area (Å²) in [6.45, 7) is 0.262. The number of hydrogen-bond acceptors (Lipinski definition) is 7. The number of methoxy groups -OCH3 is 2. The molecule has 1 atom stereocenters. The third-order valence-electron chi connectivity index (χ3n) is 4.85. The fraction of sp³-hybridized carbons (Fsp3) is 0.238. The molecular formula is C21H20N4O4S. The van der Waals surface area contributed by atoms with E-state index >= 15 is 0 Å². The fourth-order valence-corrected chi connectivity index (χ4v) is 4.05. The third kappa shape index (κ3) is 3.97. The number of nitrogens with one attached hydrogen (secondary N) is 1. The van der Waals surface area contributed by atoms with Crippen LogP contribution in [0.2, 0.25) is 0 Å². The van der Waals surface area contributed by atoms with Crippen LogP contribution >= 0.6 is 11.3 Å². The topological polar surface area (TPSA) is 93.6 Å². The number of carbonyl (C=O) groups is 2. The van der Waals surface area contributed by atoms with Gasteiger partial charge in [0.25, 0.3) is 0 Å². The second-order valence-corrected chi connectivity index (χ2v) is 7.69. The van der Waals surface area contributed by atoms with Gasteiger partial charge < -0.3 is 19.7 Å². The van der Waals surface area contributed by atoms with E-state index in [1.165, 1.54) is 18.4 Å². The number of benzene rings is 2. The van der Waals surface area contributed by atoms with E-state index in [4.69, 9.17) is 9.47 Å². The summed E-state index contributed by atoms with van der Waals surface area (Å²) in [5.74, 6) is 0.255. The van der Waals surface area contributed by atoms with Crippen LogP contribution in [0.4, 0.5) is 10.8 Å². The van der Waals surface area contributed by atoms with E-state index in [-0.39, 0.29) is 24.8 Å². The zero-order valence-corrected chi connectivity index (χ0v) is 17.3. The summed E-state index contributed by atoms with van der Waals surface area (Å²) in [5.41, 5.74) is 1.55. The van der Waals surface area contributed by atoms with Crippen molar-refractivity contribution in [2.24, 2.45) is 5.92 Å². The Morgan fingerprint density at radius 3 is 2.67 bits per heavy atom. The summed E-state index contributed by atoms with van der Waals surface area (Å²) < 4.78 is 10.6. The first kappa shape index (κ1) is 19.8. The lowest BCUT2D eigenvalue weighted by atomic mass is 10.1. The minimum absolute atomic E-state index is 0.116. The molecule has 30 heavy (non-hydrogen) atoms. The molecule has 0 aliphatic carbocycles. The number of amides is 2. The lowest BCUT2D eigenvalue weighted by Gasteiger charge is -2.20. The van der Waals surface area contributed by atoms with Crippen molar-refractivity contribution < 1.29 is 19.1 Å². The van der Waals surface area contributed by atoms with Gasteiger partial charge in [0.05, 0.1) is 25.8 Å². The number of carbonyl (C=O) groups excluding carboxylic acids is 2. The Hall–Kier alpha value is -3.46. The second-order valence-electron chi connectivity index (χ2n) is 6.71. The number of rotatable bonds is 6. The van der Waals surface area contributed by atoms with Gasteiger partial charge in [0, 0.05) is 24.6 Å². The Morgan fingerprint density at radius 2 is 1.93 bits per heavy atom. The number of hydrogen-bond donors (Lipinski definition) is 1. The van der Waals surface area contributed by atoms with Gasteiger partial charge in [-0.2, -0.15) is 0 Å². The summed E-state index contributed by atoms with van der Waals surface area (Å²) in [6, 6.07) is 14.8. The first-order valence-electron chi connectivity index (χ1n) is 9.31. The van der Waals surface area contributed by atoms with Crippen LogP contribution in [0, 0.1) is 5.92 Å². The van der Waals surface area contributed by atoms with Crippen molar-refractivity contribution in [1.29, 1.82) is 0 Å². The van der Waals surface area contributed by atoms with Crippen molar-refractivity contribution in [3.63, 3.8) is 0 Å². The van der Waals surface area contributed by atoms with E-state index < -0.39 is 5.92 Å². The normalized spacial score (nSPS) is 15.9. The molecule has 1 N–H and O–H groups in total. The van der Waals surface area contributed by atoms with Crippen LogP contribution in [0.15, 0.2) is 48.5 Å². The molecule has 154 valence electrons. The van der Waals surface area contributed by atoms with Crippen LogP contribution < -0.4 is 19.7 Å². The van der Waals surface area contributed by atoms with E-state index in [2.05, 4.69) is 15.5 Å². The van der Waals surface area contributed by atoms with E-state index in [0.717, 1.165) is 10.6 Å². The average Bonchev–Trinajstić information content (AvgIpc) is 3.40. The van der Waals surface area contributed by atoms with Crippen molar-refractivity contribution in [3.05, 3.63) is 48.5 Å². The summed E-state index contributed by atoms with van der Waals surface area (Å²) in [5, 5.41) is 12.1. The summed E-state index contributed by atoms with van der Waals surface area (Å²) in [7, 11) is 3.09. The van der Waals surface area contributed by atoms with Gasteiger partial charge in [-0.1, -0.05) is 41.7 Å². The van der Waals surface area contributed by atoms with Crippen LogP contribution in [-0.4, -0.2) is 42.8 Å². The van der Waals surface area contributed by atoms with Gasteiger partial charge in [-0.05, 0) is 12.1 Å². The summed E-state index contributed by atoms with van der Waals surface area (Å²) in [4.78, 5) is 26.9. The van der Waals surface area contributed by atoms with Crippen molar-refractivity contribution in [3.8, 4) is 22.1 Å². The Bertz CT molecular complexity index is 1070. The molecule has 2 heterocycles. The molecule has 1 aliphatic rings. The molecule has 2 amide bonds. The molecule has 4 rings (SSSR count). The van der Waals surface area contributed by atoms with Crippen molar-refractivity contribution in [2.75, 3.05) is 31.0 Å². The highest BCUT2D eigenvalue weighted by Gasteiger charge is 2.36. The maximum atomic E-state index is 12.7. The van der Waals surface area contributed by atoms with Gasteiger partial charge in [-0.15, -0.1) is 10.2 Å². The van der Waals surface area contributed by atoms with E-state index in [0.29, 0.717) is 22.3 Å². The van der Waals surface area contributed by atoms with Crippen LogP contribution in [-0.2, 0) is 9.59 Å². The Morgan fingerprint density at radius 1 is 1.13 bits per heavy atom. The standard InChI is InChI=1S/C21H20N4O4S/c1-28-15-8-9-16(17(11-15)29-2)25-12-14(10-18(25)26)19(27)22-21-24-23-20(30-21)13-6-4-3-5-7-13/h3-9,11,14H,10,12H2,1-2H3,(H,22,24,27). The Labute approximate surface area is 177 Å². The van der Waals surface area contributed by atoms with Gasteiger partial charge in [-0.3, -0.25) is 9.59 Å². The van der Waals surface area contributed by atoms with E-state index in [9.17, 15) is 9.59 Å². The summed E-state index contributed by atoms with van der Waals surface area (Å²) in [6.07, 6.45) is 0.116. The van der Waals surface area contributed by atoms with Crippen LogP contribution in [0.3, 0.4) is 0 Å². The van der Waals surface area contributed by atoms with Crippen LogP contribution in [0.5, 0.6) is 11.5 Å². The molecule has 0 radical (unpaired) electrons. The predicted molar refractivity (Wildman–Crippen MR) is 114 cm³/mol. The average molecular weight is 424 g/mol. The molecule has 1 saturated heterocycles. The molecule has 0 bridgehead atoms. The lowest BCUT2D eigenvalue weighted by Crippen LogP contribution is -2.28.